The van der Waals surface area contributed by atoms with Crippen molar-refractivity contribution in [1.29, 1.82) is 0 Å². The molecular formula is C26H27N3O4. The molecule has 7 nitrogen and oxygen atoms in total. The highest BCUT2D eigenvalue weighted by Crippen LogP contribution is 2.24. The van der Waals surface area contributed by atoms with Crippen molar-refractivity contribution in [2.45, 2.75) is 13.0 Å². The molecule has 0 radical (unpaired) electrons. The van der Waals surface area contributed by atoms with E-state index < -0.39 is 0 Å². The van der Waals surface area contributed by atoms with E-state index in [4.69, 9.17) is 9.47 Å². The molecule has 4 rings (SSSR count). The number of rotatable bonds is 6. The second-order valence-corrected chi connectivity index (χ2v) is 7.88. The highest BCUT2D eigenvalue weighted by atomic mass is 16.5. The Bertz CT molecular complexity index is 1090. The molecule has 2 aromatic carbocycles. The van der Waals surface area contributed by atoms with Crippen LogP contribution in [0.1, 0.15) is 32.7 Å². The molecule has 1 fully saturated rings. The van der Waals surface area contributed by atoms with Gasteiger partial charge in [0.15, 0.2) is 0 Å². The van der Waals surface area contributed by atoms with Crippen LogP contribution >= 0.6 is 0 Å². The lowest BCUT2D eigenvalue weighted by Gasteiger charge is -2.22. The number of hydrogen-bond donors (Lipinski definition) is 0. The summed E-state index contributed by atoms with van der Waals surface area (Å²) in [6.45, 7) is 3.72. The first kappa shape index (κ1) is 22.5. The summed E-state index contributed by atoms with van der Waals surface area (Å²) >= 11 is 0. The maximum absolute atomic E-state index is 13.3. The third kappa shape index (κ3) is 5.75. The molecular weight excluding hydrogens is 418 g/mol. The number of benzene rings is 2. The van der Waals surface area contributed by atoms with Gasteiger partial charge in [-0.2, -0.15) is 0 Å². The SMILES string of the molecule is COC(=O)c1ccc(CN2CCCN(C(=O)c3cccnc3Oc3ccccc3)CC2)cc1. The molecule has 170 valence electrons. The third-order valence-electron chi connectivity index (χ3n) is 5.62. The first-order valence-electron chi connectivity index (χ1n) is 11.0. The van der Waals surface area contributed by atoms with E-state index in [1.165, 1.54) is 7.11 Å². The van der Waals surface area contributed by atoms with E-state index in [2.05, 4.69) is 9.88 Å². The Morgan fingerprint density at radius 3 is 2.45 bits per heavy atom. The fourth-order valence-electron chi connectivity index (χ4n) is 3.86. The molecule has 1 amide bonds. The summed E-state index contributed by atoms with van der Waals surface area (Å²) in [5, 5.41) is 0. The molecule has 3 aromatic rings. The zero-order chi connectivity index (χ0) is 23.0. The van der Waals surface area contributed by atoms with E-state index in [1.54, 1.807) is 30.5 Å². The van der Waals surface area contributed by atoms with Crippen molar-refractivity contribution >= 4 is 11.9 Å². The summed E-state index contributed by atoms with van der Waals surface area (Å²) < 4.78 is 10.6. The Morgan fingerprint density at radius 2 is 1.70 bits per heavy atom. The van der Waals surface area contributed by atoms with Crippen molar-refractivity contribution in [2.24, 2.45) is 0 Å². The number of nitrogens with zero attached hydrogens (tertiary/aromatic N) is 3. The molecule has 1 aliphatic rings. The molecule has 2 heterocycles. The van der Waals surface area contributed by atoms with Gasteiger partial charge in [-0.1, -0.05) is 30.3 Å². The van der Waals surface area contributed by atoms with Gasteiger partial charge >= 0.3 is 5.97 Å². The predicted octanol–water partition coefficient (Wildman–Crippen LogP) is 4.01. The summed E-state index contributed by atoms with van der Waals surface area (Å²) in [5.41, 5.74) is 2.13. The number of ether oxygens (including phenoxy) is 2. The van der Waals surface area contributed by atoms with Gasteiger partial charge < -0.3 is 14.4 Å². The highest BCUT2D eigenvalue weighted by Gasteiger charge is 2.23. The van der Waals surface area contributed by atoms with Crippen LogP contribution in [-0.4, -0.2) is 59.9 Å². The Labute approximate surface area is 193 Å². The zero-order valence-corrected chi connectivity index (χ0v) is 18.6. The highest BCUT2D eigenvalue weighted by molar-refractivity contribution is 5.96. The van der Waals surface area contributed by atoms with Gasteiger partial charge in [0.25, 0.3) is 5.91 Å². The number of para-hydroxylation sites is 1. The Balaban J connectivity index is 1.39. The second kappa shape index (κ2) is 10.7. The maximum Gasteiger partial charge on any atom is 0.337 e. The summed E-state index contributed by atoms with van der Waals surface area (Å²) in [5.74, 6) is 0.556. The van der Waals surface area contributed by atoms with Gasteiger partial charge in [-0.3, -0.25) is 9.69 Å². The van der Waals surface area contributed by atoms with E-state index in [1.807, 2.05) is 47.4 Å². The second-order valence-electron chi connectivity index (χ2n) is 7.88. The molecule has 33 heavy (non-hydrogen) atoms. The zero-order valence-electron chi connectivity index (χ0n) is 18.6. The molecule has 1 aromatic heterocycles. The van der Waals surface area contributed by atoms with Crippen LogP contribution in [0.2, 0.25) is 0 Å². The number of carbonyl (C=O) groups is 2. The van der Waals surface area contributed by atoms with Crippen LogP contribution in [0.3, 0.4) is 0 Å². The van der Waals surface area contributed by atoms with Crippen LogP contribution in [-0.2, 0) is 11.3 Å². The van der Waals surface area contributed by atoms with Gasteiger partial charge in [-0.15, -0.1) is 0 Å². The van der Waals surface area contributed by atoms with Gasteiger partial charge in [0.2, 0.25) is 5.88 Å². The molecule has 0 spiro atoms. The molecule has 1 saturated heterocycles. The number of carbonyl (C=O) groups excluding carboxylic acids is 2. The van der Waals surface area contributed by atoms with Crippen molar-refractivity contribution in [2.75, 3.05) is 33.3 Å². The maximum atomic E-state index is 13.3. The minimum absolute atomic E-state index is 0.0710. The quantitative estimate of drug-likeness (QED) is 0.534. The number of pyridine rings is 1. The Morgan fingerprint density at radius 1 is 0.909 bits per heavy atom. The van der Waals surface area contributed by atoms with E-state index in [0.717, 1.165) is 31.6 Å². The van der Waals surface area contributed by atoms with E-state index in [-0.39, 0.29) is 11.9 Å². The van der Waals surface area contributed by atoms with Crippen molar-refractivity contribution in [3.8, 4) is 11.6 Å². The molecule has 0 saturated carbocycles. The predicted molar refractivity (Wildman–Crippen MR) is 124 cm³/mol. The molecule has 0 aliphatic carbocycles. The largest absolute Gasteiger partial charge is 0.465 e. The summed E-state index contributed by atoms with van der Waals surface area (Å²) in [7, 11) is 1.38. The minimum Gasteiger partial charge on any atom is -0.465 e. The van der Waals surface area contributed by atoms with Crippen molar-refractivity contribution in [3.05, 3.63) is 89.6 Å². The lowest BCUT2D eigenvalue weighted by molar-refractivity contribution is 0.0600. The number of methoxy groups -OCH3 is 1. The smallest absolute Gasteiger partial charge is 0.337 e. The van der Waals surface area contributed by atoms with Crippen LogP contribution in [0.15, 0.2) is 72.9 Å². The van der Waals surface area contributed by atoms with Gasteiger partial charge in [-0.25, -0.2) is 9.78 Å². The van der Waals surface area contributed by atoms with E-state index in [0.29, 0.717) is 35.8 Å². The first-order chi connectivity index (χ1) is 16.1. The number of aromatic nitrogens is 1. The van der Waals surface area contributed by atoms with Crippen LogP contribution in [0.4, 0.5) is 0 Å². The van der Waals surface area contributed by atoms with Crippen LogP contribution in [0, 0.1) is 0 Å². The lowest BCUT2D eigenvalue weighted by Crippen LogP contribution is -2.35. The third-order valence-corrected chi connectivity index (χ3v) is 5.62. The van der Waals surface area contributed by atoms with Crippen LogP contribution in [0.25, 0.3) is 0 Å². The number of amides is 1. The van der Waals surface area contributed by atoms with Gasteiger partial charge in [0.05, 0.1) is 12.7 Å². The van der Waals surface area contributed by atoms with Gasteiger partial charge in [0, 0.05) is 38.9 Å². The average Bonchev–Trinajstić information content (AvgIpc) is 3.10. The molecule has 0 bridgehead atoms. The molecule has 7 heteroatoms. The fourth-order valence-corrected chi connectivity index (χ4v) is 3.86. The Kier molecular flexibility index (Phi) is 7.32. The molecule has 0 N–H and O–H groups in total. The van der Waals surface area contributed by atoms with Crippen molar-refractivity contribution in [1.82, 2.24) is 14.8 Å². The Hall–Kier alpha value is -3.71. The first-order valence-corrected chi connectivity index (χ1v) is 11.0. The topological polar surface area (TPSA) is 72.0 Å². The summed E-state index contributed by atoms with van der Waals surface area (Å²) in [4.78, 5) is 33.4. The van der Waals surface area contributed by atoms with Crippen molar-refractivity contribution < 1.29 is 19.1 Å². The van der Waals surface area contributed by atoms with E-state index in [9.17, 15) is 9.59 Å². The lowest BCUT2D eigenvalue weighted by atomic mass is 10.1. The minimum atomic E-state index is -0.337. The molecule has 1 aliphatic heterocycles. The number of hydrogen-bond acceptors (Lipinski definition) is 6. The standard InChI is InChI=1S/C26H27N3O4/c1-32-26(31)21-12-10-20(11-13-21)19-28-15-6-16-29(18-17-28)25(30)23-9-5-14-27-24(23)33-22-7-3-2-4-8-22/h2-5,7-14H,6,15-19H2,1H3. The fraction of sp³-hybridized carbons (Fsp3) is 0.269. The van der Waals surface area contributed by atoms with Crippen molar-refractivity contribution in [3.63, 3.8) is 0 Å². The van der Waals surface area contributed by atoms with Gasteiger partial charge in [0.1, 0.15) is 11.3 Å². The molecule has 0 unspecified atom stereocenters. The van der Waals surface area contributed by atoms with Gasteiger partial charge in [-0.05, 0) is 48.4 Å². The van der Waals surface area contributed by atoms with E-state index >= 15 is 0 Å². The summed E-state index contributed by atoms with van der Waals surface area (Å²) in [6.07, 6.45) is 2.51. The average molecular weight is 446 g/mol. The monoisotopic (exact) mass is 445 g/mol. The van der Waals surface area contributed by atoms with Crippen LogP contribution < -0.4 is 4.74 Å². The number of esters is 1. The summed E-state index contributed by atoms with van der Waals surface area (Å²) in [6, 6.07) is 20.3. The van der Waals surface area contributed by atoms with Crippen LogP contribution in [0.5, 0.6) is 11.6 Å². The molecule has 0 atom stereocenters. The normalized spacial score (nSPS) is 14.4.